The number of likely N-dealkylation sites (N-methyl/N-ethyl adjacent to an activating group) is 1. The van der Waals surface area contributed by atoms with E-state index in [0.717, 1.165) is 31.7 Å². The van der Waals surface area contributed by atoms with Crippen molar-refractivity contribution in [1.29, 1.82) is 0 Å². The molecule has 11 nitrogen and oxygen atoms in total. The molecular formula is C23H25N7O4S. The number of hydrogen-bond acceptors (Lipinski definition) is 8. The van der Waals surface area contributed by atoms with Gasteiger partial charge in [-0.25, -0.2) is 0 Å². The van der Waals surface area contributed by atoms with Gasteiger partial charge in [0.15, 0.2) is 11.0 Å². The van der Waals surface area contributed by atoms with Gasteiger partial charge < -0.3 is 19.7 Å². The number of rotatable bonds is 7. The molecule has 35 heavy (non-hydrogen) atoms. The van der Waals surface area contributed by atoms with Crippen molar-refractivity contribution in [2.75, 3.05) is 44.3 Å². The Hall–Kier alpha value is -3.77. The molecule has 12 heteroatoms. The Bertz CT molecular complexity index is 1220. The highest BCUT2D eigenvalue weighted by atomic mass is 32.2. The monoisotopic (exact) mass is 495 g/mol. The summed E-state index contributed by atoms with van der Waals surface area (Å²) in [7, 11) is 3.90. The standard InChI is InChI=1S/C23H25N7O4S/c1-27-11-13-29(14-12-27)20(31)15-35-23-26-25-21(28(23)2)16-3-7-18(8-4-16)24-22(32)17-5-9-19(10-6-17)30(33)34/h3-10H,11-15H2,1-2H3,(H,24,32). The molecule has 0 unspecified atom stereocenters. The maximum atomic E-state index is 12.5. The summed E-state index contributed by atoms with van der Waals surface area (Å²) >= 11 is 1.36. The molecule has 1 fully saturated rings. The van der Waals surface area contributed by atoms with Crippen LogP contribution in [0.3, 0.4) is 0 Å². The SMILES string of the molecule is CN1CCN(C(=O)CSc2nnc(-c3ccc(NC(=O)c4ccc([N+](=O)[O-])cc4)cc3)n2C)CC1. The molecule has 0 spiro atoms. The average molecular weight is 496 g/mol. The highest BCUT2D eigenvalue weighted by Gasteiger charge is 2.20. The fraction of sp³-hybridized carbons (Fsp3) is 0.304. The van der Waals surface area contributed by atoms with E-state index < -0.39 is 4.92 Å². The van der Waals surface area contributed by atoms with Crippen LogP contribution >= 0.6 is 11.8 Å². The summed E-state index contributed by atoms with van der Waals surface area (Å²) in [5.41, 5.74) is 1.63. The fourth-order valence-electron chi connectivity index (χ4n) is 3.61. The molecule has 2 aromatic carbocycles. The zero-order valence-corrected chi connectivity index (χ0v) is 20.2. The minimum Gasteiger partial charge on any atom is -0.339 e. The normalized spacial score (nSPS) is 14.1. The number of piperazine rings is 1. The Balaban J connectivity index is 1.35. The maximum absolute atomic E-state index is 12.5. The van der Waals surface area contributed by atoms with Gasteiger partial charge in [0.05, 0.1) is 10.7 Å². The first kappa shape index (κ1) is 24.4. The van der Waals surface area contributed by atoms with Gasteiger partial charge in [-0.1, -0.05) is 11.8 Å². The van der Waals surface area contributed by atoms with Crippen LogP contribution in [-0.4, -0.2) is 80.3 Å². The smallest absolute Gasteiger partial charge is 0.269 e. The van der Waals surface area contributed by atoms with Crippen LogP contribution in [0.2, 0.25) is 0 Å². The van der Waals surface area contributed by atoms with Gasteiger partial charge in [0.1, 0.15) is 0 Å². The van der Waals surface area contributed by atoms with E-state index in [0.29, 0.717) is 28.0 Å². The molecule has 0 saturated carbocycles. The zero-order valence-electron chi connectivity index (χ0n) is 19.4. The van der Waals surface area contributed by atoms with E-state index in [9.17, 15) is 19.7 Å². The van der Waals surface area contributed by atoms with Crippen molar-refractivity contribution in [3.8, 4) is 11.4 Å². The molecule has 182 valence electrons. The maximum Gasteiger partial charge on any atom is 0.269 e. The average Bonchev–Trinajstić information content (AvgIpc) is 3.23. The second kappa shape index (κ2) is 10.7. The number of anilines is 1. The lowest BCUT2D eigenvalue weighted by Crippen LogP contribution is -2.47. The number of nitrogens with one attached hydrogen (secondary N) is 1. The van der Waals surface area contributed by atoms with Crippen molar-refractivity contribution in [2.24, 2.45) is 7.05 Å². The van der Waals surface area contributed by atoms with E-state index in [-0.39, 0.29) is 17.5 Å². The number of non-ortho nitro benzene ring substituents is 1. The molecule has 0 atom stereocenters. The summed E-state index contributed by atoms with van der Waals surface area (Å²) in [6.07, 6.45) is 0. The Kier molecular flexibility index (Phi) is 7.42. The second-order valence-corrected chi connectivity index (χ2v) is 9.12. The molecule has 3 aromatic rings. The summed E-state index contributed by atoms with van der Waals surface area (Å²) in [6.45, 7) is 3.25. The number of thioether (sulfide) groups is 1. The van der Waals surface area contributed by atoms with Crippen LogP contribution in [0.1, 0.15) is 10.4 Å². The Morgan fingerprint density at radius 1 is 1.00 bits per heavy atom. The molecule has 1 saturated heterocycles. The Morgan fingerprint density at radius 2 is 1.66 bits per heavy atom. The fourth-order valence-corrected chi connectivity index (χ4v) is 4.42. The van der Waals surface area contributed by atoms with Gasteiger partial charge in [-0.2, -0.15) is 0 Å². The highest BCUT2D eigenvalue weighted by Crippen LogP contribution is 2.24. The number of aromatic nitrogens is 3. The number of amides is 2. The Morgan fingerprint density at radius 3 is 2.29 bits per heavy atom. The molecule has 4 rings (SSSR count). The van der Waals surface area contributed by atoms with E-state index >= 15 is 0 Å². The van der Waals surface area contributed by atoms with E-state index in [2.05, 4.69) is 27.5 Å². The van der Waals surface area contributed by atoms with Crippen LogP contribution in [0.25, 0.3) is 11.4 Å². The van der Waals surface area contributed by atoms with Gasteiger partial charge in [-0.3, -0.25) is 19.7 Å². The van der Waals surface area contributed by atoms with Crippen LogP contribution < -0.4 is 5.32 Å². The summed E-state index contributed by atoms with van der Waals surface area (Å²) in [6, 6.07) is 12.5. The van der Waals surface area contributed by atoms with Crippen molar-refractivity contribution in [1.82, 2.24) is 24.6 Å². The lowest BCUT2D eigenvalue weighted by molar-refractivity contribution is -0.384. The van der Waals surface area contributed by atoms with E-state index in [4.69, 9.17) is 0 Å². The molecule has 1 aromatic heterocycles. The van der Waals surface area contributed by atoms with Crippen LogP contribution in [-0.2, 0) is 11.8 Å². The first-order chi connectivity index (χ1) is 16.8. The number of benzene rings is 2. The second-order valence-electron chi connectivity index (χ2n) is 8.17. The van der Waals surface area contributed by atoms with E-state index in [1.807, 2.05) is 28.6 Å². The molecule has 2 amide bonds. The Labute approximate surface area is 206 Å². The van der Waals surface area contributed by atoms with Gasteiger partial charge in [0, 0.05) is 62.2 Å². The van der Waals surface area contributed by atoms with Gasteiger partial charge in [0.25, 0.3) is 11.6 Å². The lowest BCUT2D eigenvalue weighted by Gasteiger charge is -2.32. The third kappa shape index (κ3) is 5.84. The molecule has 0 bridgehead atoms. The van der Waals surface area contributed by atoms with Crippen molar-refractivity contribution in [3.05, 3.63) is 64.2 Å². The third-order valence-corrected chi connectivity index (χ3v) is 6.76. The molecule has 1 N–H and O–H groups in total. The predicted molar refractivity (Wildman–Crippen MR) is 132 cm³/mol. The third-order valence-electron chi connectivity index (χ3n) is 5.76. The van der Waals surface area contributed by atoms with E-state index in [1.54, 1.807) is 12.1 Å². The number of hydrogen-bond donors (Lipinski definition) is 1. The topological polar surface area (TPSA) is 127 Å². The van der Waals surface area contributed by atoms with Crippen molar-refractivity contribution in [2.45, 2.75) is 5.16 Å². The number of nitrogens with zero attached hydrogens (tertiary/aromatic N) is 6. The first-order valence-electron chi connectivity index (χ1n) is 11.0. The molecule has 2 heterocycles. The van der Waals surface area contributed by atoms with Crippen LogP contribution in [0.5, 0.6) is 0 Å². The van der Waals surface area contributed by atoms with E-state index in [1.165, 1.54) is 36.0 Å². The lowest BCUT2D eigenvalue weighted by atomic mass is 10.1. The predicted octanol–water partition coefficient (Wildman–Crippen LogP) is 2.51. The van der Waals surface area contributed by atoms with Crippen molar-refractivity contribution >= 4 is 35.0 Å². The largest absolute Gasteiger partial charge is 0.339 e. The number of nitro groups is 1. The minimum absolute atomic E-state index is 0.0733. The summed E-state index contributed by atoms with van der Waals surface area (Å²) in [4.78, 5) is 39.3. The molecule has 0 aliphatic carbocycles. The summed E-state index contributed by atoms with van der Waals surface area (Å²) in [5.74, 6) is 0.687. The van der Waals surface area contributed by atoms with Crippen LogP contribution in [0, 0.1) is 10.1 Å². The quantitative estimate of drug-likeness (QED) is 0.301. The summed E-state index contributed by atoms with van der Waals surface area (Å²) < 4.78 is 1.84. The molecule has 0 radical (unpaired) electrons. The van der Waals surface area contributed by atoms with Crippen LogP contribution in [0.4, 0.5) is 11.4 Å². The van der Waals surface area contributed by atoms with Gasteiger partial charge in [-0.05, 0) is 43.4 Å². The highest BCUT2D eigenvalue weighted by molar-refractivity contribution is 7.99. The minimum atomic E-state index is -0.512. The van der Waals surface area contributed by atoms with Crippen molar-refractivity contribution < 1.29 is 14.5 Å². The number of carbonyl (C=O) groups excluding carboxylic acids is 2. The molecular weight excluding hydrogens is 470 g/mol. The van der Waals surface area contributed by atoms with Crippen LogP contribution in [0.15, 0.2) is 53.7 Å². The van der Waals surface area contributed by atoms with Gasteiger partial charge in [0.2, 0.25) is 5.91 Å². The molecule has 1 aliphatic heterocycles. The zero-order chi connectivity index (χ0) is 24.9. The first-order valence-corrected chi connectivity index (χ1v) is 11.9. The van der Waals surface area contributed by atoms with Gasteiger partial charge >= 0.3 is 0 Å². The van der Waals surface area contributed by atoms with Gasteiger partial charge in [-0.15, -0.1) is 10.2 Å². The molecule has 1 aliphatic rings. The number of nitro benzene ring substituents is 1. The summed E-state index contributed by atoms with van der Waals surface area (Å²) in [5, 5.41) is 22.7. The number of carbonyl (C=O) groups is 2. The van der Waals surface area contributed by atoms with Crippen molar-refractivity contribution in [3.63, 3.8) is 0 Å².